The van der Waals surface area contributed by atoms with Gasteiger partial charge in [0.2, 0.25) is 5.91 Å². The number of carbonyl (C=O) groups excluding carboxylic acids is 1. The highest BCUT2D eigenvalue weighted by atomic mass is 32.1. The molecule has 0 saturated heterocycles. The average molecular weight is 314 g/mol. The molecular weight excluding hydrogens is 282 g/mol. The van der Waals surface area contributed by atoms with E-state index in [4.69, 9.17) is 18.0 Å². The predicted molar refractivity (Wildman–Crippen MR) is 92.3 cm³/mol. The summed E-state index contributed by atoms with van der Waals surface area (Å²) in [6.07, 6.45) is 5.82. The zero-order chi connectivity index (χ0) is 16.0. The number of hydrogen-bond acceptors (Lipinski definition) is 3. The summed E-state index contributed by atoms with van der Waals surface area (Å²) in [4.78, 5) is 15.4. The van der Waals surface area contributed by atoms with Crippen molar-refractivity contribution in [2.75, 3.05) is 13.6 Å². The van der Waals surface area contributed by atoms with Crippen molar-refractivity contribution in [1.82, 2.24) is 10.2 Å². The zero-order valence-electron chi connectivity index (χ0n) is 13.9. The largest absolute Gasteiger partial charge is 0.392 e. The fraction of sp³-hybridized carbons (Fsp3) is 0.875. The van der Waals surface area contributed by atoms with Crippen molar-refractivity contribution >= 4 is 23.1 Å². The van der Waals surface area contributed by atoms with Gasteiger partial charge in [-0.3, -0.25) is 9.69 Å². The second-order valence-electron chi connectivity index (χ2n) is 6.40. The molecule has 0 aromatic carbocycles. The summed E-state index contributed by atoms with van der Waals surface area (Å²) in [7, 11) is 2.13. The van der Waals surface area contributed by atoms with Gasteiger partial charge in [0.05, 0.1) is 10.4 Å². The Morgan fingerprint density at radius 2 is 1.90 bits per heavy atom. The highest BCUT2D eigenvalue weighted by Gasteiger charge is 2.40. The molecule has 1 unspecified atom stereocenters. The highest BCUT2D eigenvalue weighted by molar-refractivity contribution is 7.80. The van der Waals surface area contributed by atoms with Gasteiger partial charge < -0.3 is 11.1 Å². The van der Waals surface area contributed by atoms with Crippen LogP contribution in [0.2, 0.25) is 0 Å². The fourth-order valence-electron chi connectivity index (χ4n) is 2.96. The van der Waals surface area contributed by atoms with E-state index in [1.807, 2.05) is 0 Å². The van der Waals surface area contributed by atoms with Gasteiger partial charge in [-0.25, -0.2) is 0 Å². The molecule has 4 nitrogen and oxygen atoms in total. The summed E-state index contributed by atoms with van der Waals surface area (Å²) in [6.45, 7) is 6.95. The predicted octanol–water partition coefficient (Wildman–Crippen LogP) is 2.46. The van der Waals surface area contributed by atoms with Crippen LogP contribution in [-0.2, 0) is 4.79 Å². The molecule has 0 heterocycles. The lowest BCUT2D eigenvalue weighted by molar-refractivity contribution is -0.128. The number of nitrogens with zero attached hydrogens (tertiary/aromatic N) is 1. The number of hydrogen-bond donors (Lipinski definition) is 2. The lowest BCUT2D eigenvalue weighted by Gasteiger charge is -2.32. The van der Waals surface area contributed by atoms with Crippen molar-refractivity contribution in [3.8, 4) is 0 Å². The molecule has 0 aromatic rings. The van der Waals surface area contributed by atoms with E-state index < -0.39 is 5.41 Å². The van der Waals surface area contributed by atoms with Gasteiger partial charge in [-0.1, -0.05) is 38.9 Å². The normalized spacial score (nSPS) is 16.8. The van der Waals surface area contributed by atoms with Crippen molar-refractivity contribution in [3.05, 3.63) is 0 Å². The first-order valence-electron chi connectivity index (χ1n) is 8.19. The molecule has 1 aliphatic rings. The number of amides is 1. The van der Waals surface area contributed by atoms with Crippen LogP contribution in [0.4, 0.5) is 0 Å². The highest BCUT2D eigenvalue weighted by Crippen LogP contribution is 2.31. The summed E-state index contributed by atoms with van der Waals surface area (Å²) in [5, 5.41) is 3.09. The van der Waals surface area contributed by atoms with E-state index in [0.717, 1.165) is 25.7 Å². The number of thiocarbonyl (C=S) groups is 1. The quantitative estimate of drug-likeness (QED) is 0.608. The van der Waals surface area contributed by atoms with E-state index in [1.54, 1.807) is 0 Å². The lowest BCUT2D eigenvalue weighted by atomic mass is 9.78. The van der Waals surface area contributed by atoms with Gasteiger partial charge in [0, 0.05) is 18.6 Å². The maximum atomic E-state index is 12.7. The molecule has 1 aliphatic carbocycles. The van der Waals surface area contributed by atoms with Gasteiger partial charge in [0.15, 0.2) is 0 Å². The minimum atomic E-state index is -0.670. The zero-order valence-corrected chi connectivity index (χ0v) is 14.8. The van der Waals surface area contributed by atoms with Gasteiger partial charge in [0.1, 0.15) is 0 Å². The van der Waals surface area contributed by atoms with Crippen molar-refractivity contribution in [2.24, 2.45) is 11.1 Å². The second kappa shape index (κ2) is 8.08. The molecule has 0 radical (unpaired) electrons. The Balaban J connectivity index is 2.64. The minimum Gasteiger partial charge on any atom is -0.392 e. The Kier molecular flexibility index (Phi) is 7.07. The standard InChI is InChI=1S/C16H31N3OS/c1-5-9-16(10-6-2,14(17)21)15(20)18-11-12(3)19(4)13-7-8-13/h12-13H,5-11H2,1-4H3,(H2,17,21)(H,18,20). The topological polar surface area (TPSA) is 58.4 Å². The minimum absolute atomic E-state index is 0.00902. The first-order valence-corrected chi connectivity index (χ1v) is 8.60. The summed E-state index contributed by atoms with van der Waals surface area (Å²) in [6, 6.07) is 1.04. The van der Waals surface area contributed by atoms with Crippen LogP contribution < -0.4 is 11.1 Å². The van der Waals surface area contributed by atoms with Crippen molar-refractivity contribution < 1.29 is 4.79 Å². The van der Waals surface area contributed by atoms with Crippen LogP contribution in [0.3, 0.4) is 0 Å². The third-order valence-corrected chi connectivity index (χ3v) is 5.03. The third kappa shape index (κ3) is 4.65. The van der Waals surface area contributed by atoms with Crippen LogP contribution in [0, 0.1) is 5.41 Å². The van der Waals surface area contributed by atoms with E-state index in [9.17, 15) is 4.79 Å². The fourth-order valence-corrected chi connectivity index (χ4v) is 3.26. The molecule has 1 fully saturated rings. The number of nitrogens with two attached hydrogens (primary N) is 1. The van der Waals surface area contributed by atoms with E-state index in [1.165, 1.54) is 12.8 Å². The Morgan fingerprint density at radius 3 is 2.29 bits per heavy atom. The molecule has 0 aliphatic heterocycles. The van der Waals surface area contributed by atoms with Crippen molar-refractivity contribution in [3.63, 3.8) is 0 Å². The van der Waals surface area contributed by atoms with Gasteiger partial charge >= 0.3 is 0 Å². The SMILES string of the molecule is CCCC(CCC)(C(=O)NCC(C)N(C)C1CC1)C(N)=S. The summed E-state index contributed by atoms with van der Waals surface area (Å²) in [5.41, 5.74) is 5.26. The summed E-state index contributed by atoms with van der Waals surface area (Å²) in [5.74, 6) is 0.00902. The van der Waals surface area contributed by atoms with Gasteiger partial charge in [-0.2, -0.15) is 0 Å². The molecule has 0 aromatic heterocycles. The molecule has 122 valence electrons. The summed E-state index contributed by atoms with van der Waals surface area (Å²) >= 11 is 5.23. The summed E-state index contributed by atoms with van der Waals surface area (Å²) < 4.78 is 0. The molecule has 1 amide bonds. The first-order chi connectivity index (χ1) is 9.89. The van der Waals surface area contributed by atoms with Gasteiger partial charge in [0.25, 0.3) is 0 Å². The molecular formula is C16H31N3OS. The maximum absolute atomic E-state index is 12.7. The number of rotatable bonds is 10. The van der Waals surface area contributed by atoms with E-state index >= 15 is 0 Å². The number of likely N-dealkylation sites (N-methyl/N-ethyl adjacent to an activating group) is 1. The average Bonchev–Trinajstić information content (AvgIpc) is 3.27. The molecule has 1 atom stereocenters. The van der Waals surface area contributed by atoms with Crippen LogP contribution in [0.25, 0.3) is 0 Å². The maximum Gasteiger partial charge on any atom is 0.233 e. The Bertz CT molecular complexity index is 363. The van der Waals surface area contributed by atoms with Crippen molar-refractivity contribution in [2.45, 2.75) is 71.4 Å². The molecule has 1 rings (SSSR count). The molecule has 1 saturated carbocycles. The molecule has 5 heteroatoms. The third-order valence-electron chi connectivity index (χ3n) is 4.64. The van der Waals surface area contributed by atoms with Crippen LogP contribution in [-0.4, -0.2) is 41.5 Å². The van der Waals surface area contributed by atoms with E-state index in [-0.39, 0.29) is 5.91 Å². The Labute approximate surface area is 134 Å². The molecule has 0 spiro atoms. The van der Waals surface area contributed by atoms with E-state index in [2.05, 4.69) is 38.0 Å². The van der Waals surface area contributed by atoms with Crippen LogP contribution >= 0.6 is 12.2 Å². The monoisotopic (exact) mass is 313 g/mol. The van der Waals surface area contributed by atoms with Gasteiger partial charge in [-0.05, 0) is 39.7 Å². The Hall–Kier alpha value is -0.680. The van der Waals surface area contributed by atoms with Crippen LogP contribution in [0.15, 0.2) is 0 Å². The van der Waals surface area contributed by atoms with Crippen LogP contribution in [0.5, 0.6) is 0 Å². The van der Waals surface area contributed by atoms with E-state index in [0.29, 0.717) is 23.6 Å². The van der Waals surface area contributed by atoms with Gasteiger partial charge in [-0.15, -0.1) is 0 Å². The second-order valence-corrected chi connectivity index (χ2v) is 6.84. The Morgan fingerprint density at radius 1 is 1.38 bits per heavy atom. The number of nitrogens with one attached hydrogen (secondary N) is 1. The molecule has 3 N–H and O–H groups in total. The lowest BCUT2D eigenvalue weighted by Crippen LogP contribution is -2.51. The number of carbonyl (C=O) groups is 1. The molecule has 0 bridgehead atoms. The van der Waals surface area contributed by atoms with Crippen LogP contribution in [0.1, 0.15) is 59.3 Å². The molecule has 21 heavy (non-hydrogen) atoms. The van der Waals surface area contributed by atoms with Crippen molar-refractivity contribution in [1.29, 1.82) is 0 Å². The smallest absolute Gasteiger partial charge is 0.233 e. The first kappa shape index (κ1) is 18.4.